The molecule has 51 heavy (non-hydrogen) atoms. The van der Waals surface area contributed by atoms with Gasteiger partial charge in [0.05, 0.1) is 0 Å². The second-order valence-electron chi connectivity index (χ2n) is 11.7. The van der Waals surface area contributed by atoms with Crippen LogP contribution in [-0.2, 0) is 30.4 Å². The van der Waals surface area contributed by atoms with E-state index in [0.717, 1.165) is 39.6 Å². The topological polar surface area (TPSA) is 254 Å². The number of aromatic hydroxyl groups is 2. The number of fused-ring (bicyclic) bond motifs is 1. The van der Waals surface area contributed by atoms with Gasteiger partial charge in [-0.1, -0.05) is 47.6 Å². The number of nitrogens with two attached hydrogens (primary N) is 1. The summed E-state index contributed by atoms with van der Waals surface area (Å²) in [7, 11) is 0. The van der Waals surface area contributed by atoms with E-state index in [-0.39, 0.29) is 57.7 Å². The van der Waals surface area contributed by atoms with Crippen molar-refractivity contribution in [1.82, 2.24) is 20.5 Å². The Labute approximate surface area is 298 Å². The molecule has 0 radical (unpaired) electrons. The monoisotopic (exact) mass is 736 g/mol. The number of aliphatic carboxylic acids is 2. The highest BCUT2D eigenvalue weighted by Crippen LogP contribution is 2.40. The summed E-state index contributed by atoms with van der Waals surface area (Å²) in [6.45, 7) is 2.17. The summed E-state index contributed by atoms with van der Waals surface area (Å²) >= 11 is 2.13. The summed E-state index contributed by atoms with van der Waals surface area (Å²) < 4.78 is 0. The number of hydrogen-bond acceptors (Lipinski definition) is 13. The maximum Gasteiger partial charge on any atom is 0.352 e. The van der Waals surface area contributed by atoms with Crippen LogP contribution >= 0.6 is 23.1 Å². The normalized spacial score (nSPS) is 17.5. The van der Waals surface area contributed by atoms with E-state index in [1.165, 1.54) is 25.3 Å². The smallest absolute Gasteiger partial charge is 0.352 e. The number of carboxylic acid groups (broad SMARTS) is 2. The van der Waals surface area contributed by atoms with Crippen LogP contribution in [0, 0.1) is 0 Å². The fraction of sp³-hybridized carbons (Fsp3) is 0.242. The number of rotatable bonds is 13. The summed E-state index contributed by atoms with van der Waals surface area (Å²) in [5.41, 5.74) is 4.49. The molecule has 1 saturated heterocycles. The van der Waals surface area contributed by atoms with Crippen LogP contribution in [0.25, 0.3) is 6.08 Å². The second-order valence-corrected chi connectivity index (χ2v) is 13.7. The van der Waals surface area contributed by atoms with E-state index in [0.29, 0.717) is 0 Å². The molecule has 1 aromatic heterocycles. The molecule has 0 aliphatic carbocycles. The predicted octanol–water partition coefficient (Wildman–Crippen LogP) is 2.14. The second kappa shape index (κ2) is 14.9. The van der Waals surface area contributed by atoms with Crippen LogP contribution in [0.4, 0.5) is 5.13 Å². The van der Waals surface area contributed by atoms with E-state index < -0.39 is 58.1 Å². The number of phenolic OH excluding ortho intramolecular Hbond substituents is 2. The molecule has 5 rings (SSSR count). The van der Waals surface area contributed by atoms with Crippen molar-refractivity contribution >= 4 is 69.7 Å². The number of hydrogen-bond donors (Lipinski definition) is 7. The van der Waals surface area contributed by atoms with Crippen LogP contribution in [0.3, 0.4) is 0 Å². The molecule has 0 saturated carbocycles. The lowest BCUT2D eigenvalue weighted by Gasteiger charge is -2.49. The summed E-state index contributed by atoms with van der Waals surface area (Å²) in [4.78, 5) is 73.7. The first-order valence-electron chi connectivity index (χ1n) is 15.1. The number of carbonyl (C=O) groups is 5. The molecule has 3 heterocycles. The van der Waals surface area contributed by atoms with Gasteiger partial charge < -0.3 is 41.6 Å². The van der Waals surface area contributed by atoms with Gasteiger partial charge in [0.2, 0.25) is 5.60 Å². The molecule has 18 heteroatoms. The van der Waals surface area contributed by atoms with Crippen molar-refractivity contribution in [3.63, 3.8) is 0 Å². The van der Waals surface area contributed by atoms with E-state index in [1.807, 2.05) is 36.4 Å². The van der Waals surface area contributed by atoms with Crippen LogP contribution in [0.15, 0.2) is 70.3 Å². The lowest BCUT2D eigenvalue weighted by atomic mass is 10.0. The highest BCUT2D eigenvalue weighted by atomic mass is 32.2. The summed E-state index contributed by atoms with van der Waals surface area (Å²) in [5, 5.41) is 49.6. The predicted molar refractivity (Wildman–Crippen MR) is 187 cm³/mol. The Kier molecular flexibility index (Phi) is 10.7. The number of phenols is 2. The van der Waals surface area contributed by atoms with E-state index in [1.54, 1.807) is 6.08 Å². The summed E-state index contributed by atoms with van der Waals surface area (Å²) in [6, 6.07) is 10.7. The van der Waals surface area contributed by atoms with Crippen LogP contribution < -0.4 is 16.4 Å². The molecular weight excluding hydrogens is 705 g/mol. The van der Waals surface area contributed by atoms with Gasteiger partial charge in [-0.25, -0.2) is 14.6 Å². The molecule has 3 aromatic rings. The number of amides is 3. The minimum absolute atomic E-state index is 0.0186. The maximum absolute atomic E-state index is 13.3. The van der Waals surface area contributed by atoms with Crippen LogP contribution in [0.1, 0.15) is 41.0 Å². The SMILES string of the molecule is CC(C)(ON=C(C(=O)NC1C(=O)N2C(C(=O)O)=C(CNC(=O)c3cc(O)c(O)c(CC=Cc4ccccc4)c3)CS[C@@H]12)c1csc(N)n1)C(=O)O. The Morgan fingerprint density at radius 2 is 1.88 bits per heavy atom. The number of nitrogens with zero attached hydrogens (tertiary/aromatic N) is 3. The molecule has 0 bridgehead atoms. The molecule has 1 unspecified atom stereocenters. The van der Waals surface area contributed by atoms with Gasteiger partial charge in [-0.2, -0.15) is 0 Å². The molecule has 16 nitrogen and oxygen atoms in total. The third-order valence-corrected chi connectivity index (χ3v) is 9.75. The first-order valence-corrected chi connectivity index (χ1v) is 17.1. The zero-order valence-corrected chi connectivity index (χ0v) is 28.7. The average molecular weight is 737 g/mol. The van der Waals surface area contributed by atoms with Gasteiger partial charge in [0.1, 0.15) is 22.8 Å². The minimum Gasteiger partial charge on any atom is -0.504 e. The number of aromatic nitrogens is 1. The first-order chi connectivity index (χ1) is 24.2. The number of nitrogen functional groups attached to an aromatic ring is 1. The molecule has 266 valence electrons. The average Bonchev–Trinajstić information content (AvgIpc) is 3.53. The maximum atomic E-state index is 13.3. The van der Waals surface area contributed by atoms with Crippen molar-refractivity contribution in [2.45, 2.75) is 37.3 Å². The number of oxime groups is 1. The van der Waals surface area contributed by atoms with E-state index >= 15 is 0 Å². The number of thiazole rings is 1. The van der Waals surface area contributed by atoms with Gasteiger partial charge >= 0.3 is 11.9 Å². The third-order valence-electron chi connectivity index (χ3n) is 7.74. The van der Waals surface area contributed by atoms with Crippen LogP contribution in [0.2, 0.25) is 0 Å². The van der Waals surface area contributed by atoms with Crippen LogP contribution in [-0.4, -0.2) is 95.0 Å². The first kappa shape index (κ1) is 36.4. The zero-order valence-electron chi connectivity index (χ0n) is 27.0. The molecule has 1 fully saturated rings. The summed E-state index contributed by atoms with van der Waals surface area (Å²) in [5.74, 6) is -5.95. The summed E-state index contributed by atoms with van der Waals surface area (Å²) in [6.07, 6.45) is 3.79. The van der Waals surface area contributed by atoms with E-state index in [9.17, 15) is 44.4 Å². The largest absolute Gasteiger partial charge is 0.504 e. The van der Waals surface area contributed by atoms with Gasteiger partial charge in [0.15, 0.2) is 22.3 Å². The number of nitrogens with one attached hydrogen (secondary N) is 2. The highest BCUT2D eigenvalue weighted by Gasteiger charge is 2.54. The zero-order chi connectivity index (χ0) is 37.0. The lowest BCUT2D eigenvalue weighted by Crippen LogP contribution is -2.71. The standard InChI is InChI=1S/C33H32N6O10S2/c1-33(2,31(47)48)49-38-22(20-15-51-32(34)36-20)27(43)37-23-28(44)39-24(30(45)46)19(14-50-29(23)39)13-35-26(42)18-11-17(25(41)21(40)12-18)10-6-9-16-7-4-3-5-8-16/h3-9,11-12,15,23,29,40-41H,10,13-14H2,1-2H3,(H2,34,36)(H,35,42)(H,37,43)(H,45,46)(H,47,48)/t23?,29-/m0/s1. The van der Waals surface area contributed by atoms with Gasteiger partial charge in [-0.15, -0.1) is 23.1 Å². The van der Waals surface area contributed by atoms with Crippen molar-refractivity contribution in [3.8, 4) is 11.5 Å². The van der Waals surface area contributed by atoms with Crippen molar-refractivity contribution in [1.29, 1.82) is 0 Å². The Morgan fingerprint density at radius 3 is 2.53 bits per heavy atom. The number of carbonyl (C=O) groups excluding carboxylic acids is 3. The lowest BCUT2D eigenvalue weighted by molar-refractivity contribution is -0.161. The number of benzene rings is 2. The number of anilines is 1. The van der Waals surface area contributed by atoms with Gasteiger partial charge in [-0.3, -0.25) is 19.3 Å². The Morgan fingerprint density at radius 1 is 1.16 bits per heavy atom. The molecule has 2 aliphatic heterocycles. The van der Waals surface area contributed by atoms with Crippen molar-refractivity contribution in [2.75, 3.05) is 18.0 Å². The number of allylic oxidation sites excluding steroid dienone is 1. The molecule has 2 aliphatic rings. The molecule has 8 N–H and O–H groups in total. The Balaban J connectivity index is 1.28. The molecule has 3 amide bonds. The number of carboxylic acids is 2. The van der Waals surface area contributed by atoms with Crippen molar-refractivity contribution in [3.05, 3.63) is 87.6 Å². The fourth-order valence-electron chi connectivity index (χ4n) is 4.97. The highest BCUT2D eigenvalue weighted by molar-refractivity contribution is 8.00. The van der Waals surface area contributed by atoms with Crippen molar-refractivity contribution < 1.29 is 49.2 Å². The molecular formula is C33H32N6O10S2. The number of β-lactam (4-membered cyclic amide) rings is 1. The molecule has 0 spiro atoms. The third kappa shape index (κ3) is 7.97. The molecule has 2 aromatic carbocycles. The Hall–Kier alpha value is -5.88. The number of thioether (sulfide) groups is 1. The minimum atomic E-state index is -1.81. The molecule has 2 atom stereocenters. The van der Waals surface area contributed by atoms with E-state index in [2.05, 4.69) is 20.8 Å². The quantitative estimate of drug-likeness (QED) is 0.0576. The fourth-order valence-corrected chi connectivity index (χ4v) is 6.86. The Bertz CT molecular complexity index is 1990. The van der Waals surface area contributed by atoms with Crippen LogP contribution in [0.5, 0.6) is 11.5 Å². The van der Waals surface area contributed by atoms with E-state index in [4.69, 9.17) is 10.6 Å². The van der Waals surface area contributed by atoms with Gasteiger partial charge in [0.25, 0.3) is 17.7 Å². The van der Waals surface area contributed by atoms with Crippen molar-refractivity contribution in [2.24, 2.45) is 5.16 Å². The van der Waals surface area contributed by atoms with Gasteiger partial charge in [-0.05, 0) is 43.5 Å². The van der Waals surface area contributed by atoms with Gasteiger partial charge in [0, 0.05) is 28.8 Å².